The Bertz CT molecular complexity index is 970. The van der Waals surface area contributed by atoms with Gasteiger partial charge in [-0.25, -0.2) is 4.79 Å². The van der Waals surface area contributed by atoms with Gasteiger partial charge in [-0.15, -0.1) is 0 Å². The molecule has 3 amide bonds. The van der Waals surface area contributed by atoms with Crippen LogP contribution < -0.4 is 16.2 Å². The Morgan fingerprint density at radius 3 is 2.74 bits per heavy atom. The number of pyridine rings is 1. The van der Waals surface area contributed by atoms with Crippen LogP contribution in [0.1, 0.15) is 46.5 Å². The van der Waals surface area contributed by atoms with Crippen LogP contribution in [-0.4, -0.2) is 58.9 Å². The molecule has 0 radical (unpaired) electrons. The fourth-order valence-electron chi connectivity index (χ4n) is 3.78. The zero-order valence-electron chi connectivity index (χ0n) is 20.0. The Kier molecular flexibility index (Phi) is 10.5. The monoisotopic (exact) mass is 474 g/mol. The summed E-state index contributed by atoms with van der Waals surface area (Å²) < 4.78 is 6.07. The third kappa shape index (κ3) is 8.49. The van der Waals surface area contributed by atoms with E-state index in [1.54, 1.807) is 24.0 Å². The summed E-state index contributed by atoms with van der Waals surface area (Å²) >= 11 is 0. The molecule has 0 bridgehead atoms. The van der Waals surface area contributed by atoms with Crippen molar-refractivity contribution in [1.82, 2.24) is 14.8 Å². The van der Waals surface area contributed by atoms with Crippen LogP contribution in [0, 0.1) is 5.92 Å². The first-order valence-electron chi connectivity index (χ1n) is 11.6. The molecule has 2 N–H and O–H groups in total. The van der Waals surface area contributed by atoms with E-state index in [0.717, 1.165) is 12.8 Å². The van der Waals surface area contributed by atoms with Crippen LogP contribution in [0.2, 0.25) is 0 Å². The van der Waals surface area contributed by atoms with Crippen molar-refractivity contribution in [2.45, 2.75) is 59.0 Å². The summed E-state index contributed by atoms with van der Waals surface area (Å²) in [5, 5.41) is 5.11. The van der Waals surface area contributed by atoms with Gasteiger partial charge in [-0.3, -0.25) is 19.2 Å². The van der Waals surface area contributed by atoms with Crippen LogP contribution >= 0.6 is 0 Å². The van der Waals surface area contributed by atoms with Gasteiger partial charge in [-0.2, -0.15) is 0 Å². The number of allylic oxidation sites excluding steroid dienone is 1. The highest BCUT2D eigenvalue weighted by molar-refractivity contribution is 5.96. The van der Waals surface area contributed by atoms with Gasteiger partial charge in [0.25, 0.3) is 5.56 Å². The fourth-order valence-corrected chi connectivity index (χ4v) is 3.78. The molecule has 1 saturated heterocycles. The molecule has 1 fully saturated rings. The minimum atomic E-state index is -0.908. The zero-order chi connectivity index (χ0) is 25.1. The van der Waals surface area contributed by atoms with E-state index in [-0.39, 0.29) is 31.2 Å². The average Bonchev–Trinajstić information content (AvgIpc) is 2.78. The molecule has 1 aliphatic heterocycles. The summed E-state index contributed by atoms with van der Waals surface area (Å²) in [5.74, 6) is -1.16. The lowest BCUT2D eigenvalue weighted by Gasteiger charge is -2.31. The van der Waals surface area contributed by atoms with E-state index in [4.69, 9.17) is 4.74 Å². The van der Waals surface area contributed by atoms with Crippen molar-refractivity contribution in [3.05, 3.63) is 40.8 Å². The highest BCUT2D eigenvalue weighted by Gasteiger charge is 2.23. The number of aromatic nitrogens is 1. The molecule has 0 aliphatic carbocycles. The summed E-state index contributed by atoms with van der Waals surface area (Å²) in [4.78, 5) is 63.0. The molecule has 2 rings (SSSR count). The van der Waals surface area contributed by atoms with Crippen molar-refractivity contribution in [1.29, 1.82) is 0 Å². The van der Waals surface area contributed by atoms with Crippen molar-refractivity contribution in [3.8, 4) is 0 Å². The zero-order valence-corrected chi connectivity index (χ0v) is 20.0. The van der Waals surface area contributed by atoms with Crippen molar-refractivity contribution in [2.24, 2.45) is 5.92 Å². The number of ether oxygens (including phenoxy) is 1. The van der Waals surface area contributed by atoms with Crippen molar-refractivity contribution in [2.75, 3.05) is 25.0 Å². The summed E-state index contributed by atoms with van der Waals surface area (Å²) in [6.45, 7) is 6.59. The van der Waals surface area contributed by atoms with E-state index in [9.17, 15) is 24.0 Å². The van der Waals surface area contributed by atoms with Crippen molar-refractivity contribution >= 4 is 29.4 Å². The Balaban J connectivity index is 2.04. The molecule has 10 nitrogen and oxygen atoms in total. The van der Waals surface area contributed by atoms with Gasteiger partial charge in [0.2, 0.25) is 17.7 Å². The molecule has 2 unspecified atom stereocenters. The molecule has 1 aromatic heterocycles. The lowest BCUT2D eigenvalue weighted by Crippen LogP contribution is -2.44. The standard InChI is InChI=1S/C24H34N4O6/c1-4-34-22(31)12-6-5-10-19(25-18(3)29)23(32)26-20-11-8-14-28(24(20)33)16-21(30)27-13-7-9-17(2)15-27/h6,8,11-12,14,17,19H,4-5,7,9-10,13,15-16H2,1-3H3,(H,25,29)(H,26,32). The second-order valence-electron chi connectivity index (χ2n) is 8.42. The summed E-state index contributed by atoms with van der Waals surface area (Å²) in [6.07, 6.45) is 6.91. The Hall–Kier alpha value is -3.43. The average molecular weight is 475 g/mol. The van der Waals surface area contributed by atoms with E-state index in [2.05, 4.69) is 17.6 Å². The van der Waals surface area contributed by atoms with Gasteiger partial charge >= 0.3 is 5.97 Å². The number of carbonyl (C=O) groups excluding carboxylic acids is 4. The van der Waals surface area contributed by atoms with Gasteiger partial charge in [0, 0.05) is 32.3 Å². The molecular weight excluding hydrogens is 440 g/mol. The number of amides is 3. The van der Waals surface area contributed by atoms with E-state index < -0.39 is 29.4 Å². The maximum absolute atomic E-state index is 12.9. The number of nitrogens with zero attached hydrogens (tertiary/aromatic N) is 2. The number of esters is 1. The first-order chi connectivity index (χ1) is 16.2. The topological polar surface area (TPSA) is 127 Å². The molecule has 186 valence electrons. The molecule has 10 heteroatoms. The lowest BCUT2D eigenvalue weighted by molar-refractivity contribution is -0.137. The maximum Gasteiger partial charge on any atom is 0.330 e. The molecule has 1 aliphatic rings. The number of rotatable bonds is 10. The lowest BCUT2D eigenvalue weighted by atomic mass is 10.0. The Morgan fingerprint density at radius 1 is 1.29 bits per heavy atom. The number of anilines is 1. The third-order valence-electron chi connectivity index (χ3n) is 5.45. The van der Waals surface area contributed by atoms with Gasteiger partial charge in [0.1, 0.15) is 18.3 Å². The SMILES string of the molecule is CCOC(=O)C=CCCC(NC(C)=O)C(=O)Nc1cccn(CC(=O)N2CCCC(C)C2)c1=O. The first-order valence-corrected chi connectivity index (χ1v) is 11.6. The van der Waals surface area contributed by atoms with Gasteiger partial charge < -0.3 is 24.8 Å². The smallest absolute Gasteiger partial charge is 0.330 e. The van der Waals surface area contributed by atoms with Crippen molar-refractivity contribution in [3.63, 3.8) is 0 Å². The highest BCUT2D eigenvalue weighted by atomic mass is 16.5. The Morgan fingerprint density at radius 2 is 2.06 bits per heavy atom. The molecule has 34 heavy (non-hydrogen) atoms. The van der Waals surface area contributed by atoms with Crippen molar-refractivity contribution < 1.29 is 23.9 Å². The fraction of sp³-hybridized carbons (Fsp3) is 0.542. The number of carbonyl (C=O) groups is 4. The predicted octanol–water partition coefficient (Wildman–Crippen LogP) is 1.45. The van der Waals surface area contributed by atoms with E-state index in [1.807, 2.05) is 0 Å². The van der Waals surface area contributed by atoms with E-state index >= 15 is 0 Å². The van der Waals surface area contributed by atoms with Crippen LogP contribution in [0.5, 0.6) is 0 Å². The number of hydrogen-bond donors (Lipinski definition) is 2. The summed E-state index contributed by atoms with van der Waals surface area (Å²) in [5.41, 5.74) is -0.484. The normalized spacial score (nSPS) is 16.7. The van der Waals surface area contributed by atoms with Crippen LogP contribution in [0.4, 0.5) is 5.69 Å². The van der Waals surface area contributed by atoms with E-state index in [1.165, 1.54) is 29.8 Å². The number of nitrogens with one attached hydrogen (secondary N) is 2. The molecule has 2 atom stereocenters. The summed E-state index contributed by atoms with van der Waals surface area (Å²) in [7, 11) is 0. The first kappa shape index (κ1) is 26.8. The maximum atomic E-state index is 12.9. The second-order valence-corrected chi connectivity index (χ2v) is 8.42. The quantitative estimate of drug-likeness (QED) is 0.390. The molecule has 0 aromatic carbocycles. The highest BCUT2D eigenvalue weighted by Crippen LogP contribution is 2.15. The third-order valence-corrected chi connectivity index (χ3v) is 5.45. The van der Waals surface area contributed by atoms with Crippen LogP contribution in [-0.2, 0) is 30.5 Å². The molecule has 1 aromatic rings. The number of hydrogen-bond acceptors (Lipinski definition) is 6. The minimum Gasteiger partial charge on any atom is -0.463 e. The van der Waals surface area contributed by atoms with E-state index in [0.29, 0.717) is 25.4 Å². The number of piperidine rings is 1. The second kappa shape index (κ2) is 13.3. The van der Waals surface area contributed by atoms with Crippen LogP contribution in [0.3, 0.4) is 0 Å². The van der Waals surface area contributed by atoms with Gasteiger partial charge in [-0.1, -0.05) is 13.0 Å². The number of likely N-dealkylation sites (tertiary alicyclic amines) is 1. The van der Waals surface area contributed by atoms with Crippen LogP contribution in [0.15, 0.2) is 35.3 Å². The van der Waals surface area contributed by atoms with Gasteiger partial charge in [-0.05, 0) is 50.7 Å². The largest absolute Gasteiger partial charge is 0.463 e. The molecule has 2 heterocycles. The predicted molar refractivity (Wildman–Crippen MR) is 127 cm³/mol. The summed E-state index contributed by atoms with van der Waals surface area (Å²) in [6, 6.07) is 2.13. The minimum absolute atomic E-state index is 0.0183. The molecule has 0 saturated carbocycles. The van der Waals surface area contributed by atoms with Gasteiger partial charge in [0.15, 0.2) is 0 Å². The Labute approximate surface area is 199 Å². The molecular formula is C24H34N4O6. The van der Waals surface area contributed by atoms with Crippen LogP contribution in [0.25, 0.3) is 0 Å². The molecule has 0 spiro atoms. The van der Waals surface area contributed by atoms with Gasteiger partial charge in [0.05, 0.1) is 6.61 Å².